The largest absolute Gasteiger partial charge is 0.597 e. The minimum atomic E-state index is -1.42. The lowest BCUT2D eigenvalue weighted by atomic mass is 9.84. The summed E-state index contributed by atoms with van der Waals surface area (Å²) < 4.78 is 28.2. The summed E-state index contributed by atoms with van der Waals surface area (Å²) in [4.78, 5) is 78.0. The highest BCUT2D eigenvalue weighted by Gasteiger charge is 2.61. The molecule has 18 heteroatoms. The number of amides is 4. The van der Waals surface area contributed by atoms with Crippen LogP contribution in [0, 0.1) is 11.3 Å². The highest BCUT2D eigenvalue weighted by Crippen LogP contribution is 2.42. The zero-order chi connectivity index (χ0) is 51.9. The molecule has 0 radical (unpaired) electrons. The third-order valence-corrected chi connectivity index (χ3v) is 15.8. The Balaban J connectivity index is 1.24. The molecule has 7 atom stereocenters. The summed E-state index contributed by atoms with van der Waals surface area (Å²) in [6.07, 6.45) is 5.01. The van der Waals surface area contributed by atoms with Gasteiger partial charge in [0.15, 0.2) is 6.04 Å². The van der Waals surface area contributed by atoms with Gasteiger partial charge in [0.25, 0.3) is 5.91 Å². The van der Waals surface area contributed by atoms with Gasteiger partial charge in [0.05, 0.1) is 31.5 Å². The van der Waals surface area contributed by atoms with Crippen LogP contribution < -0.4 is 10.7 Å². The topological polar surface area (TPSA) is 202 Å². The zero-order valence-corrected chi connectivity index (χ0v) is 44.1. The second-order valence-electron chi connectivity index (χ2n) is 21.5. The molecule has 17 nitrogen and oxygen atoms in total. The Kier molecular flexibility index (Phi) is 16.0. The lowest BCUT2D eigenvalue weighted by molar-refractivity contribution is -0.155. The number of rotatable bonds is 12. The molecule has 2 saturated heterocycles. The molecule has 1 unspecified atom stereocenters. The van der Waals surface area contributed by atoms with Crippen molar-refractivity contribution in [3.63, 3.8) is 0 Å². The molecule has 2 aromatic carbocycles. The van der Waals surface area contributed by atoms with Gasteiger partial charge < -0.3 is 38.8 Å². The number of phenolic OH excluding ortho intramolecular Hbond substituents is 1. The number of hydrogen-bond donors (Lipinski definition) is 3. The maximum absolute atomic E-state index is 14.8. The number of fused-ring (bicyclic) bond motifs is 6. The highest BCUT2D eigenvalue weighted by atomic mass is 32.2. The van der Waals surface area contributed by atoms with Crippen LogP contribution in [0.25, 0.3) is 33.3 Å². The van der Waals surface area contributed by atoms with Gasteiger partial charge in [-0.25, -0.2) is 5.43 Å². The Morgan fingerprint density at radius 2 is 1.83 bits per heavy atom. The number of cyclic esters (lactones) is 1. The van der Waals surface area contributed by atoms with Crippen molar-refractivity contribution in [2.45, 2.75) is 136 Å². The number of carbonyl (C=O) groups excluding carboxylic acids is 5. The van der Waals surface area contributed by atoms with Gasteiger partial charge in [-0.15, -0.1) is 4.31 Å². The second kappa shape index (κ2) is 21.3. The average Bonchev–Trinajstić information content (AvgIpc) is 3.89. The van der Waals surface area contributed by atoms with Gasteiger partial charge >= 0.3 is 5.97 Å². The number of aryl methyl sites for hydroxylation is 1. The average molecular weight is 997 g/mol. The standard InChI is InChI=1S/C53H72N8O9S/c1-13-59-43-17-16-34-25-38(43)39(47(59)40-27-54-19-18-35(40)29-69-12)26-53(8,9)30-70-51(67)41-15-14-20-60(56-41)49(65)42(23-33-21-36(34)24-37(62)22-33)55-48(64)45(31(2)3)58(11)44(63)28-57(10)50(66)46-32(4)61(46)71(68)52(5,6)7/h16-19,21-22,24-25,27,31-32,41-42,45-46,56,62H,13-15,20,23,26,28-30H2,1-12H3,(H,55,64)/t32-,41+,42+,45+,46-,61?,71-/m1/s1. The van der Waals surface area contributed by atoms with Crippen LogP contribution in [0.5, 0.6) is 5.75 Å². The van der Waals surface area contributed by atoms with Gasteiger partial charge in [-0.2, -0.15) is 0 Å². The van der Waals surface area contributed by atoms with Crippen LogP contribution in [0.2, 0.25) is 0 Å². The maximum Gasteiger partial charge on any atom is 0.324 e. The first-order valence-corrected chi connectivity index (χ1v) is 25.7. The number of nitrogens with one attached hydrogen (secondary N) is 2. The van der Waals surface area contributed by atoms with Crippen LogP contribution in [0.1, 0.15) is 91.8 Å². The minimum Gasteiger partial charge on any atom is -0.597 e. The summed E-state index contributed by atoms with van der Waals surface area (Å²) in [5.41, 5.74) is 9.57. The Bertz CT molecular complexity index is 2660. The Labute approximate surface area is 420 Å². The predicted molar refractivity (Wildman–Crippen MR) is 273 cm³/mol. The third-order valence-electron chi connectivity index (χ3n) is 13.8. The van der Waals surface area contributed by atoms with E-state index in [0.29, 0.717) is 43.5 Å². The van der Waals surface area contributed by atoms with Crippen LogP contribution in [0.3, 0.4) is 0 Å². The van der Waals surface area contributed by atoms with Gasteiger partial charge in [0, 0.05) is 86.4 Å². The number of phenols is 1. The summed E-state index contributed by atoms with van der Waals surface area (Å²) in [7, 11) is 4.68. The molecule has 6 bridgehead atoms. The number of aromatic nitrogens is 2. The summed E-state index contributed by atoms with van der Waals surface area (Å²) in [6.45, 7) is 18.2. The quantitative estimate of drug-likeness (QED) is 0.0933. The number of hydrazine groups is 1. The number of hydrogen-bond acceptors (Lipinski definition) is 12. The van der Waals surface area contributed by atoms with E-state index in [1.165, 1.54) is 28.9 Å². The van der Waals surface area contributed by atoms with Crippen molar-refractivity contribution in [1.82, 2.24) is 39.4 Å². The first kappa shape index (κ1) is 53.3. The molecule has 7 rings (SSSR count). The van der Waals surface area contributed by atoms with E-state index in [-0.39, 0.29) is 43.8 Å². The third kappa shape index (κ3) is 11.4. The molecule has 0 spiro atoms. The van der Waals surface area contributed by atoms with E-state index in [1.807, 2.05) is 52.1 Å². The number of likely N-dealkylation sites (N-methyl/N-ethyl adjacent to an activating group) is 2. The fourth-order valence-electron chi connectivity index (χ4n) is 10.1. The van der Waals surface area contributed by atoms with Crippen LogP contribution in [-0.4, -0.2) is 144 Å². The van der Waals surface area contributed by atoms with Crippen molar-refractivity contribution in [2.75, 3.05) is 40.9 Å². The van der Waals surface area contributed by atoms with Gasteiger partial charge in [-0.3, -0.25) is 34.0 Å². The monoisotopic (exact) mass is 997 g/mol. The van der Waals surface area contributed by atoms with Crippen molar-refractivity contribution in [1.29, 1.82) is 0 Å². The molecular weight excluding hydrogens is 925 g/mol. The van der Waals surface area contributed by atoms with E-state index in [2.05, 4.69) is 53.2 Å². The number of benzene rings is 2. The lowest BCUT2D eigenvalue weighted by Gasteiger charge is -2.37. The van der Waals surface area contributed by atoms with Crippen LogP contribution in [0.15, 0.2) is 54.9 Å². The molecule has 4 amide bonds. The van der Waals surface area contributed by atoms with E-state index in [4.69, 9.17) is 9.47 Å². The van der Waals surface area contributed by atoms with E-state index in [0.717, 1.165) is 38.9 Å². The van der Waals surface area contributed by atoms with E-state index < -0.39 is 75.3 Å². The van der Waals surface area contributed by atoms with Gasteiger partial charge in [-0.05, 0) is 118 Å². The Hall–Kier alpha value is -5.53. The normalized spacial score (nSPS) is 22.3. The summed E-state index contributed by atoms with van der Waals surface area (Å²) in [5.74, 6) is -2.92. The summed E-state index contributed by atoms with van der Waals surface area (Å²) in [6, 6.07) is 9.29. The molecule has 384 valence electrons. The smallest absolute Gasteiger partial charge is 0.324 e. The summed E-state index contributed by atoms with van der Waals surface area (Å²) in [5, 5.41) is 16.7. The number of pyridine rings is 1. The van der Waals surface area contributed by atoms with Gasteiger partial charge in [-0.1, -0.05) is 39.8 Å². The SMILES string of the molecule is CCn1c(-c2cnccc2COC)c2c3cc(ccc31)-c1cc(O)cc(c1)C[C@H](NC(=O)[C@H](C(C)C)N(C)C(=O)CN(C)C(=O)[C@H]1[C@@H](C)N1[S@+]([O-])C(C)(C)C)C(=O)N1CCC[C@H](N1)C(=O)OCC(C)(C)C2. The summed E-state index contributed by atoms with van der Waals surface area (Å²) >= 11 is -1.42. The predicted octanol–water partition coefficient (Wildman–Crippen LogP) is 5.37. The van der Waals surface area contributed by atoms with Crippen molar-refractivity contribution >= 4 is 51.9 Å². The van der Waals surface area contributed by atoms with Crippen molar-refractivity contribution < 1.29 is 43.1 Å². The Morgan fingerprint density at radius 3 is 2.51 bits per heavy atom. The molecule has 0 saturated carbocycles. The van der Waals surface area contributed by atoms with Gasteiger partial charge in [0.1, 0.15) is 28.6 Å². The molecule has 2 aromatic heterocycles. The highest BCUT2D eigenvalue weighted by molar-refractivity contribution is 7.90. The number of aromatic hydroxyl groups is 1. The second-order valence-corrected chi connectivity index (χ2v) is 23.6. The molecule has 3 N–H and O–H groups in total. The first-order valence-electron chi connectivity index (χ1n) is 24.6. The Morgan fingerprint density at radius 1 is 1.10 bits per heavy atom. The van der Waals surface area contributed by atoms with Crippen molar-refractivity contribution in [3.05, 3.63) is 71.5 Å². The fraction of sp³-hybridized carbons (Fsp3) is 0.547. The number of esters is 1. The molecule has 0 aliphatic carbocycles. The van der Waals surface area contributed by atoms with Crippen molar-refractivity contribution in [2.24, 2.45) is 11.3 Å². The molecular formula is C53H72N8O9S. The van der Waals surface area contributed by atoms with Gasteiger partial charge in [0.2, 0.25) is 17.7 Å². The maximum atomic E-state index is 14.8. The number of carbonyl (C=O) groups is 5. The fourth-order valence-corrected chi connectivity index (χ4v) is 11.6. The molecule has 4 aromatic rings. The van der Waals surface area contributed by atoms with Crippen LogP contribution in [0.4, 0.5) is 0 Å². The molecule has 3 aliphatic heterocycles. The molecule has 2 fully saturated rings. The zero-order valence-electron chi connectivity index (χ0n) is 43.3. The van der Waals surface area contributed by atoms with E-state index in [9.17, 15) is 33.6 Å². The van der Waals surface area contributed by atoms with Crippen molar-refractivity contribution in [3.8, 4) is 28.1 Å². The number of nitrogens with zero attached hydrogens (tertiary/aromatic N) is 6. The molecule has 5 heterocycles. The molecule has 3 aliphatic rings. The van der Waals surface area contributed by atoms with Crippen LogP contribution >= 0.6 is 0 Å². The number of methoxy groups -OCH3 is 1. The van der Waals surface area contributed by atoms with E-state index >= 15 is 0 Å². The van der Waals surface area contributed by atoms with E-state index in [1.54, 1.807) is 43.6 Å². The molecule has 71 heavy (non-hydrogen) atoms. The number of ether oxygens (including phenoxy) is 2. The van der Waals surface area contributed by atoms with Crippen LogP contribution in [-0.2, 0) is 70.8 Å². The lowest BCUT2D eigenvalue weighted by Crippen LogP contribution is -2.62. The first-order chi connectivity index (χ1) is 33.5. The minimum absolute atomic E-state index is 0.0337.